The highest BCUT2D eigenvalue weighted by molar-refractivity contribution is 6.32. The van der Waals surface area contributed by atoms with Crippen LogP contribution in [0.3, 0.4) is 0 Å². The Morgan fingerprint density at radius 1 is 1.14 bits per heavy atom. The Morgan fingerprint density at radius 2 is 1.93 bits per heavy atom. The molecule has 0 radical (unpaired) electrons. The van der Waals surface area contributed by atoms with Crippen molar-refractivity contribution in [3.05, 3.63) is 87.7 Å². The number of carbonyl (C=O) groups is 2. The van der Waals surface area contributed by atoms with Gasteiger partial charge in [0.25, 0.3) is 0 Å². The number of aromatic carboxylic acids is 1. The minimum atomic E-state index is -1.14. The first-order valence-electron chi connectivity index (χ1n) is 8.69. The SMILES string of the molecule is Cc1cncc(-c2ccc(Cl)c(CC(=O)c3cccc(CN)c3)c2C(=O)O)c1. The van der Waals surface area contributed by atoms with Crippen LogP contribution < -0.4 is 5.73 Å². The first-order chi connectivity index (χ1) is 13.4. The molecule has 0 spiro atoms. The fraction of sp³-hybridized carbons (Fsp3) is 0.136. The molecule has 6 heteroatoms. The lowest BCUT2D eigenvalue weighted by Crippen LogP contribution is -2.12. The second-order valence-corrected chi connectivity index (χ2v) is 6.92. The lowest BCUT2D eigenvalue weighted by atomic mass is 9.91. The minimum absolute atomic E-state index is 0.0169. The molecule has 1 heterocycles. The molecule has 0 atom stereocenters. The Hall–Kier alpha value is -3.02. The van der Waals surface area contributed by atoms with Gasteiger partial charge in [0.1, 0.15) is 0 Å². The van der Waals surface area contributed by atoms with Gasteiger partial charge in [0.2, 0.25) is 0 Å². The summed E-state index contributed by atoms with van der Waals surface area (Å²) in [5, 5.41) is 10.1. The summed E-state index contributed by atoms with van der Waals surface area (Å²) in [5.74, 6) is -1.36. The highest BCUT2D eigenvalue weighted by Crippen LogP contribution is 2.32. The van der Waals surface area contributed by atoms with E-state index in [2.05, 4.69) is 4.98 Å². The summed E-state index contributed by atoms with van der Waals surface area (Å²) in [4.78, 5) is 29.0. The number of aryl methyl sites for hydroxylation is 1. The van der Waals surface area contributed by atoms with E-state index in [0.29, 0.717) is 23.2 Å². The Morgan fingerprint density at radius 3 is 2.61 bits per heavy atom. The fourth-order valence-electron chi connectivity index (χ4n) is 3.12. The van der Waals surface area contributed by atoms with E-state index in [0.717, 1.165) is 11.1 Å². The van der Waals surface area contributed by atoms with Crippen LogP contribution in [0.4, 0.5) is 0 Å². The number of carboxylic acids is 1. The molecule has 0 fully saturated rings. The van der Waals surface area contributed by atoms with Gasteiger partial charge >= 0.3 is 5.97 Å². The topological polar surface area (TPSA) is 93.3 Å². The Balaban J connectivity index is 2.08. The van der Waals surface area contributed by atoms with Crippen molar-refractivity contribution in [1.82, 2.24) is 4.98 Å². The minimum Gasteiger partial charge on any atom is -0.478 e. The molecular weight excluding hydrogens is 376 g/mol. The summed E-state index contributed by atoms with van der Waals surface area (Å²) in [6.45, 7) is 2.19. The van der Waals surface area contributed by atoms with Gasteiger partial charge < -0.3 is 10.8 Å². The molecule has 0 saturated carbocycles. The second-order valence-electron chi connectivity index (χ2n) is 6.51. The quantitative estimate of drug-likeness (QED) is 0.608. The Kier molecular flexibility index (Phi) is 5.87. The summed E-state index contributed by atoms with van der Waals surface area (Å²) in [5.41, 5.74) is 9.29. The van der Waals surface area contributed by atoms with Gasteiger partial charge in [-0.3, -0.25) is 9.78 Å². The highest BCUT2D eigenvalue weighted by atomic mass is 35.5. The molecule has 0 aliphatic carbocycles. The summed E-state index contributed by atoms with van der Waals surface area (Å²) in [6, 6.07) is 12.1. The number of nitrogens with zero attached hydrogens (tertiary/aromatic N) is 1. The van der Waals surface area contributed by atoms with Crippen molar-refractivity contribution in [1.29, 1.82) is 0 Å². The van der Waals surface area contributed by atoms with Crippen LogP contribution in [0.1, 0.15) is 37.4 Å². The van der Waals surface area contributed by atoms with Crippen LogP contribution in [0, 0.1) is 6.92 Å². The summed E-state index contributed by atoms with van der Waals surface area (Å²) in [6.07, 6.45) is 3.16. The molecule has 0 amide bonds. The summed E-state index contributed by atoms with van der Waals surface area (Å²) >= 11 is 6.30. The molecule has 2 aromatic carbocycles. The standard InChI is InChI=1S/C22H19ClN2O3/c1-13-7-16(12-25-11-13)17-5-6-19(23)18(21(17)22(27)28)9-20(26)15-4-2-3-14(8-15)10-24/h2-8,11-12H,9-10,24H2,1H3,(H,27,28). The monoisotopic (exact) mass is 394 g/mol. The average molecular weight is 395 g/mol. The number of hydrogen-bond acceptors (Lipinski definition) is 4. The van der Waals surface area contributed by atoms with E-state index < -0.39 is 5.97 Å². The van der Waals surface area contributed by atoms with Crippen molar-refractivity contribution >= 4 is 23.4 Å². The molecule has 142 valence electrons. The maximum Gasteiger partial charge on any atom is 0.336 e. The molecule has 0 bridgehead atoms. The van der Waals surface area contributed by atoms with E-state index in [-0.39, 0.29) is 28.4 Å². The third-order valence-electron chi connectivity index (χ3n) is 4.48. The van der Waals surface area contributed by atoms with E-state index in [1.165, 1.54) is 0 Å². The number of benzene rings is 2. The third kappa shape index (κ3) is 4.11. The first-order valence-corrected chi connectivity index (χ1v) is 9.07. The van der Waals surface area contributed by atoms with E-state index >= 15 is 0 Å². The van der Waals surface area contributed by atoms with Gasteiger partial charge in [-0.25, -0.2) is 4.79 Å². The van der Waals surface area contributed by atoms with Crippen molar-refractivity contribution in [2.24, 2.45) is 5.73 Å². The number of ketones is 1. The van der Waals surface area contributed by atoms with Crippen LogP contribution >= 0.6 is 11.6 Å². The van der Waals surface area contributed by atoms with Gasteiger partial charge in [-0.15, -0.1) is 0 Å². The van der Waals surface area contributed by atoms with Crippen molar-refractivity contribution < 1.29 is 14.7 Å². The predicted octanol–water partition coefficient (Wildman–Crippen LogP) is 4.29. The molecule has 28 heavy (non-hydrogen) atoms. The van der Waals surface area contributed by atoms with Crippen LogP contribution in [0.15, 0.2) is 54.9 Å². The van der Waals surface area contributed by atoms with Gasteiger partial charge in [-0.2, -0.15) is 0 Å². The lowest BCUT2D eigenvalue weighted by Gasteiger charge is -2.14. The second kappa shape index (κ2) is 8.33. The zero-order chi connectivity index (χ0) is 20.3. The number of pyridine rings is 1. The molecular formula is C22H19ClN2O3. The van der Waals surface area contributed by atoms with E-state index in [1.54, 1.807) is 42.7 Å². The highest BCUT2D eigenvalue weighted by Gasteiger charge is 2.22. The van der Waals surface area contributed by atoms with Crippen LogP contribution in [-0.4, -0.2) is 21.8 Å². The fourth-order valence-corrected chi connectivity index (χ4v) is 3.34. The van der Waals surface area contributed by atoms with Gasteiger partial charge in [0.15, 0.2) is 5.78 Å². The van der Waals surface area contributed by atoms with Crippen LogP contribution in [0.25, 0.3) is 11.1 Å². The molecule has 0 aliphatic heterocycles. The molecule has 1 aromatic heterocycles. The molecule has 3 N–H and O–H groups in total. The van der Waals surface area contributed by atoms with Crippen molar-refractivity contribution in [2.75, 3.05) is 0 Å². The first kappa shape index (κ1) is 19.7. The van der Waals surface area contributed by atoms with E-state index in [9.17, 15) is 14.7 Å². The summed E-state index contributed by atoms with van der Waals surface area (Å²) < 4.78 is 0. The molecule has 3 aromatic rings. The normalized spacial score (nSPS) is 10.7. The number of rotatable bonds is 6. The summed E-state index contributed by atoms with van der Waals surface area (Å²) in [7, 11) is 0. The molecule has 0 saturated heterocycles. The van der Waals surface area contributed by atoms with Crippen LogP contribution in [0.2, 0.25) is 5.02 Å². The van der Waals surface area contributed by atoms with Crippen LogP contribution in [0.5, 0.6) is 0 Å². The maximum atomic E-state index is 12.8. The molecule has 0 aliphatic rings. The largest absolute Gasteiger partial charge is 0.478 e. The van der Waals surface area contributed by atoms with Gasteiger partial charge in [-0.1, -0.05) is 35.9 Å². The Bertz CT molecular complexity index is 1060. The smallest absolute Gasteiger partial charge is 0.336 e. The van der Waals surface area contributed by atoms with E-state index in [1.807, 2.05) is 19.1 Å². The average Bonchev–Trinajstić information content (AvgIpc) is 2.69. The molecule has 5 nitrogen and oxygen atoms in total. The Labute approximate surface area is 167 Å². The number of aromatic nitrogens is 1. The molecule has 3 rings (SSSR count). The number of carbonyl (C=O) groups excluding carboxylic acids is 1. The zero-order valence-corrected chi connectivity index (χ0v) is 16.0. The number of carboxylic acid groups (broad SMARTS) is 1. The molecule has 0 unspecified atom stereocenters. The van der Waals surface area contributed by atoms with Crippen LogP contribution in [-0.2, 0) is 13.0 Å². The lowest BCUT2D eigenvalue weighted by molar-refractivity contribution is 0.0696. The van der Waals surface area contributed by atoms with Crippen molar-refractivity contribution in [2.45, 2.75) is 19.9 Å². The predicted molar refractivity (Wildman–Crippen MR) is 109 cm³/mol. The van der Waals surface area contributed by atoms with Crippen molar-refractivity contribution in [3.8, 4) is 11.1 Å². The van der Waals surface area contributed by atoms with Gasteiger partial charge in [-0.05, 0) is 47.4 Å². The van der Waals surface area contributed by atoms with Gasteiger partial charge in [0, 0.05) is 41.5 Å². The van der Waals surface area contributed by atoms with E-state index in [4.69, 9.17) is 17.3 Å². The van der Waals surface area contributed by atoms with Gasteiger partial charge in [0.05, 0.1) is 5.56 Å². The zero-order valence-electron chi connectivity index (χ0n) is 15.3. The number of halogens is 1. The van der Waals surface area contributed by atoms with Crippen molar-refractivity contribution in [3.63, 3.8) is 0 Å². The number of nitrogens with two attached hydrogens (primary N) is 1. The number of hydrogen-bond donors (Lipinski definition) is 2. The third-order valence-corrected chi connectivity index (χ3v) is 4.83. The number of Topliss-reactive ketones (excluding diaryl/α,β-unsaturated/α-hetero) is 1. The maximum absolute atomic E-state index is 12.8.